The van der Waals surface area contributed by atoms with E-state index in [1.165, 1.54) is 11.3 Å². The molecule has 7 heteroatoms. The van der Waals surface area contributed by atoms with Crippen LogP contribution >= 0.6 is 11.3 Å². The average molecular weight is 318 g/mol. The summed E-state index contributed by atoms with van der Waals surface area (Å²) in [5, 5.41) is 12.9. The number of hydrogen-bond donors (Lipinski definition) is 2. The lowest BCUT2D eigenvalue weighted by molar-refractivity contribution is 0.0790. The number of rotatable bonds is 4. The van der Waals surface area contributed by atoms with Gasteiger partial charge in [0.2, 0.25) is 0 Å². The van der Waals surface area contributed by atoms with Crippen LogP contribution in [0.25, 0.3) is 0 Å². The van der Waals surface area contributed by atoms with Crippen LogP contribution in [-0.4, -0.2) is 30.6 Å². The normalized spacial score (nSPS) is 25.0. The molecule has 1 saturated heterocycles. The van der Waals surface area contributed by atoms with Gasteiger partial charge in [-0.1, -0.05) is 6.42 Å². The maximum atomic E-state index is 12.6. The minimum Gasteiger partial charge on any atom is -0.391 e. The number of piperidine rings is 1. The van der Waals surface area contributed by atoms with Crippen LogP contribution in [-0.2, 0) is 16.6 Å². The van der Waals surface area contributed by atoms with Crippen molar-refractivity contribution in [3.63, 3.8) is 0 Å². The smallest absolute Gasteiger partial charge is 0.254 e. The van der Waals surface area contributed by atoms with Gasteiger partial charge in [0.05, 0.1) is 11.5 Å². The quantitative estimate of drug-likeness (QED) is 0.891. The van der Waals surface area contributed by atoms with Crippen molar-refractivity contribution in [1.29, 1.82) is 0 Å². The molecule has 1 fully saturated rings. The second-order valence-corrected chi connectivity index (χ2v) is 8.02. The third-order valence-electron chi connectivity index (χ3n) is 3.82. The molecule has 0 bridgehead atoms. The van der Waals surface area contributed by atoms with Crippen LogP contribution in [0.2, 0.25) is 0 Å². The van der Waals surface area contributed by atoms with Crippen LogP contribution in [0.3, 0.4) is 0 Å². The van der Waals surface area contributed by atoms with Crippen LogP contribution < -0.4 is 4.83 Å². The van der Waals surface area contributed by atoms with Crippen molar-refractivity contribution in [1.82, 2.24) is 9.84 Å². The molecule has 0 saturated carbocycles. The first kappa shape index (κ1) is 15.9. The second kappa shape index (κ2) is 6.11. The zero-order valence-electron chi connectivity index (χ0n) is 12.1. The molecule has 2 heterocycles. The molecular formula is C13H22N2O3S2. The molecule has 0 aliphatic carbocycles. The molecular weight excluding hydrogens is 296 g/mol. The van der Waals surface area contributed by atoms with Crippen LogP contribution in [0.15, 0.2) is 10.3 Å². The first-order chi connectivity index (χ1) is 9.36. The minimum absolute atomic E-state index is 0.185. The first-order valence-electron chi connectivity index (χ1n) is 6.85. The van der Waals surface area contributed by atoms with Crippen molar-refractivity contribution in [3.8, 4) is 0 Å². The SMILES string of the molecule is Cc1csc(CO)c1S(=O)(=O)NN1C(C)CCCC1C. The van der Waals surface area contributed by atoms with E-state index in [-0.39, 0.29) is 23.6 Å². The standard InChI is InChI=1S/C13H22N2O3S2/c1-9-8-19-12(7-16)13(9)20(17,18)14-15-10(2)5-4-6-11(15)3/h8,10-11,14,16H,4-7H2,1-3H3. The molecule has 1 aliphatic heterocycles. The molecule has 1 aromatic rings. The number of aryl methyl sites for hydroxylation is 1. The van der Waals surface area contributed by atoms with Gasteiger partial charge in [0.1, 0.15) is 4.90 Å². The number of nitrogens with one attached hydrogen (secondary N) is 1. The third kappa shape index (κ3) is 3.07. The summed E-state index contributed by atoms with van der Waals surface area (Å²) in [6.07, 6.45) is 3.10. The molecule has 2 rings (SSSR count). The molecule has 1 aliphatic rings. The summed E-state index contributed by atoms with van der Waals surface area (Å²) in [5.41, 5.74) is 0.684. The number of aliphatic hydroxyl groups is 1. The lowest BCUT2D eigenvalue weighted by Gasteiger charge is -2.38. The second-order valence-electron chi connectivity index (χ2n) is 5.46. The molecule has 1 aromatic heterocycles. The van der Waals surface area contributed by atoms with E-state index in [0.717, 1.165) is 19.3 Å². The highest BCUT2D eigenvalue weighted by atomic mass is 32.2. The van der Waals surface area contributed by atoms with Gasteiger partial charge in [-0.3, -0.25) is 0 Å². The predicted molar refractivity (Wildman–Crippen MR) is 79.9 cm³/mol. The summed E-state index contributed by atoms with van der Waals surface area (Å²) in [7, 11) is -3.63. The Morgan fingerprint density at radius 2 is 2.00 bits per heavy atom. The number of nitrogens with zero attached hydrogens (tertiary/aromatic N) is 1. The van der Waals surface area contributed by atoms with E-state index in [4.69, 9.17) is 0 Å². The van der Waals surface area contributed by atoms with Crippen LogP contribution in [0.5, 0.6) is 0 Å². The van der Waals surface area contributed by atoms with E-state index in [0.29, 0.717) is 10.4 Å². The predicted octanol–water partition coefficient (Wildman–Crippen LogP) is 2.01. The van der Waals surface area contributed by atoms with E-state index in [9.17, 15) is 13.5 Å². The highest BCUT2D eigenvalue weighted by Crippen LogP contribution is 2.28. The number of aliphatic hydroxyl groups excluding tert-OH is 1. The molecule has 0 radical (unpaired) electrons. The van der Waals surface area contributed by atoms with E-state index in [1.54, 1.807) is 12.3 Å². The molecule has 2 unspecified atom stereocenters. The van der Waals surface area contributed by atoms with Crippen molar-refractivity contribution >= 4 is 21.4 Å². The zero-order valence-corrected chi connectivity index (χ0v) is 13.7. The van der Waals surface area contributed by atoms with Crippen LogP contribution in [0, 0.1) is 6.92 Å². The summed E-state index contributed by atoms with van der Waals surface area (Å²) in [5.74, 6) is 0. The Morgan fingerprint density at radius 3 is 2.55 bits per heavy atom. The van der Waals surface area contributed by atoms with E-state index >= 15 is 0 Å². The third-order valence-corrected chi connectivity index (χ3v) is 6.60. The molecule has 5 nitrogen and oxygen atoms in total. The largest absolute Gasteiger partial charge is 0.391 e. The summed E-state index contributed by atoms with van der Waals surface area (Å²) >= 11 is 1.28. The van der Waals surface area contributed by atoms with Crippen molar-refractivity contribution in [3.05, 3.63) is 15.8 Å². The number of thiophene rings is 1. The van der Waals surface area contributed by atoms with Gasteiger partial charge in [-0.05, 0) is 44.6 Å². The minimum atomic E-state index is -3.63. The Kier molecular flexibility index (Phi) is 4.86. The lowest BCUT2D eigenvalue weighted by atomic mass is 10.0. The van der Waals surface area contributed by atoms with Crippen molar-refractivity contribution < 1.29 is 13.5 Å². The Bertz CT molecular complexity index is 558. The van der Waals surface area contributed by atoms with Crippen LogP contribution in [0.1, 0.15) is 43.6 Å². The monoisotopic (exact) mass is 318 g/mol. The summed E-state index contributed by atoms with van der Waals surface area (Å²) in [6, 6.07) is 0.370. The Hall–Kier alpha value is -0.470. The Labute approximate surface area is 124 Å². The Balaban J connectivity index is 2.29. The van der Waals surface area contributed by atoms with Gasteiger partial charge in [-0.2, -0.15) is 0 Å². The molecule has 0 amide bonds. The van der Waals surface area contributed by atoms with Crippen molar-refractivity contribution in [2.75, 3.05) is 0 Å². The molecule has 2 atom stereocenters. The topological polar surface area (TPSA) is 69.6 Å². The fourth-order valence-electron chi connectivity index (χ4n) is 2.74. The van der Waals surface area contributed by atoms with E-state index in [2.05, 4.69) is 4.83 Å². The molecule has 2 N–H and O–H groups in total. The van der Waals surface area contributed by atoms with E-state index < -0.39 is 10.0 Å². The summed E-state index contributed by atoms with van der Waals surface area (Å²) in [6.45, 7) is 5.57. The van der Waals surface area contributed by atoms with E-state index in [1.807, 2.05) is 18.9 Å². The molecule has 20 heavy (non-hydrogen) atoms. The lowest BCUT2D eigenvalue weighted by Crippen LogP contribution is -2.54. The fourth-order valence-corrected chi connectivity index (χ4v) is 5.65. The van der Waals surface area contributed by atoms with Crippen molar-refractivity contribution in [2.45, 2.75) is 63.6 Å². The number of sulfonamides is 1. The highest BCUT2D eigenvalue weighted by molar-refractivity contribution is 7.89. The maximum Gasteiger partial charge on any atom is 0.254 e. The zero-order chi connectivity index (χ0) is 14.9. The summed E-state index contributed by atoms with van der Waals surface area (Å²) < 4.78 is 25.2. The van der Waals surface area contributed by atoms with Gasteiger partial charge in [0.15, 0.2) is 0 Å². The molecule has 114 valence electrons. The number of hydrazine groups is 1. The molecule has 0 spiro atoms. The summed E-state index contributed by atoms with van der Waals surface area (Å²) in [4.78, 5) is 3.44. The van der Waals surface area contributed by atoms with Gasteiger partial charge in [-0.15, -0.1) is 16.2 Å². The van der Waals surface area contributed by atoms with Crippen molar-refractivity contribution in [2.24, 2.45) is 0 Å². The fraction of sp³-hybridized carbons (Fsp3) is 0.692. The average Bonchev–Trinajstić information content (AvgIpc) is 2.76. The maximum absolute atomic E-state index is 12.6. The van der Waals surface area contributed by atoms with Gasteiger partial charge < -0.3 is 5.11 Å². The Morgan fingerprint density at radius 1 is 1.40 bits per heavy atom. The highest BCUT2D eigenvalue weighted by Gasteiger charge is 2.31. The van der Waals surface area contributed by atoms with Crippen LogP contribution in [0.4, 0.5) is 0 Å². The van der Waals surface area contributed by atoms with Gasteiger partial charge in [-0.25, -0.2) is 13.4 Å². The van der Waals surface area contributed by atoms with Gasteiger partial charge in [0.25, 0.3) is 10.0 Å². The molecule has 0 aromatic carbocycles. The van der Waals surface area contributed by atoms with Gasteiger partial charge in [0, 0.05) is 12.1 Å². The van der Waals surface area contributed by atoms with Gasteiger partial charge >= 0.3 is 0 Å². The number of hydrogen-bond acceptors (Lipinski definition) is 5. The first-order valence-corrected chi connectivity index (χ1v) is 9.21.